The monoisotopic (exact) mass is 382 g/mol. The first-order valence-corrected chi connectivity index (χ1v) is 10.4. The Morgan fingerprint density at radius 1 is 0.815 bits per heavy atom. The van der Waals surface area contributed by atoms with Gasteiger partial charge in [-0.15, -0.1) is 13.2 Å². The van der Waals surface area contributed by atoms with Gasteiger partial charge in [-0.3, -0.25) is 9.59 Å². The Labute approximate surface area is 167 Å². The predicted octanol–water partition coefficient (Wildman–Crippen LogP) is 6.54. The Bertz CT molecular complexity index is 426. The fourth-order valence-electron chi connectivity index (χ4n) is 2.05. The number of carbonyl (C=O) groups is 2. The second-order valence-electron chi connectivity index (χ2n) is 7.26. The summed E-state index contributed by atoms with van der Waals surface area (Å²) in [6.07, 6.45) is 8.81. The van der Waals surface area contributed by atoms with E-state index in [0.29, 0.717) is 19.4 Å². The highest BCUT2D eigenvalue weighted by Crippen LogP contribution is 2.07. The minimum atomic E-state index is -0.0874. The van der Waals surface area contributed by atoms with E-state index < -0.39 is 0 Å². The Morgan fingerprint density at radius 2 is 1.33 bits per heavy atom. The maximum atomic E-state index is 11.1. The van der Waals surface area contributed by atoms with E-state index >= 15 is 0 Å². The molecule has 0 aromatic carbocycles. The molecule has 0 aliphatic heterocycles. The Morgan fingerprint density at radius 3 is 1.78 bits per heavy atom. The first kappa shape index (κ1) is 27.6. The molecule has 4 heteroatoms. The van der Waals surface area contributed by atoms with E-state index in [4.69, 9.17) is 9.47 Å². The van der Waals surface area contributed by atoms with Crippen LogP contribution in [0.3, 0.4) is 0 Å². The molecule has 0 amide bonds. The molecule has 0 aliphatic rings. The number of allylic oxidation sites excluding steroid dienone is 2. The van der Waals surface area contributed by atoms with Crippen LogP contribution in [0.5, 0.6) is 0 Å². The molecular weight excluding hydrogens is 340 g/mol. The fraction of sp³-hybridized carbons (Fsp3) is 0.739. The van der Waals surface area contributed by atoms with Gasteiger partial charge in [-0.1, -0.05) is 37.8 Å². The van der Waals surface area contributed by atoms with Crippen LogP contribution in [0.1, 0.15) is 98.8 Å². The zero-order valence-electron chi connectivity index (χ0n) is 18.4. The molecule has 0 aromatic heterocycles. The average molecular weight is 383 g/mol. The van der Waals surface area contributed by atoms with E-state index in [9.17, 15) is 9.59 Å². The van der Waals surface area contributed by atoms with Gasteiger partial charge in [-0.2, -0.15) is 0 Å². The minimum Gasteiger partial charge on any atom is -0.466 e. The van der Waals surface area contributed by atoms with Crippen LogP contribution in [0.2, 0.25) is 0 Å². The molecule has 0 radical (unpaired) electrons. The summed E-state index contributed by atoms with van der Waals surface area (Å²) in [4.78, 5) is 22.3. The van der Waals surface area contributed by atoms with Crippen LogP contribution in [0.25, 0.3) is 0 Å². The Hall–Kier alpha value is -1.58. The zero-order chi connectivity index (χ0) is 21.1. The van der Waals surface area contributed by atoms with Gasteiger partial charge in [0.1, 0.15) is 0 Å². The highest BCUT2D eigenvalue weighted by atomic mass is 16.5. The van der Waals surface area contributed by atoms with Crippen LogP contribution < -0.4 is 0 Å². The van der Waals surface area contributed by atoms with Gasteiger partial charge < -0.3 is 9.47 Å². The first-order valence-electron chi connectivity index (χ1n) is 10.4. The molecule has 1 atom stereocenters. The van der Waals surface area contributed by atoms with E-state index in [1.54, 1.807) is 0 Å². The van der Waals surface area contributed by atoms with Gasteiger partial charge in [0.15, 0.2) is 0 Å². The molecule has 0 rings (SSSR count). The summed E-state index contributed by atoms with van der Waals surface area (Å²) in [5.41, 5.74) is 2.25. The quantitative estimate of drug-likeness (QED) is 0.194. The standard InChI is InChI=1S/C12H22O2.C11H20O2/c1-4-5-6-10-14-12(13)9-7-8-11(2)3;1-5-10(4)13-11(12)8-6-7-9(2)3/h2,4-10H2,1,3H3;10H,2,5-8H2,1,3-4H3. The largest absolute Gasteiger partial charge is 0.466 e. The van der Waals surface area contributed by atoms with Crippen LogP contribution in [0.15, 0.2) is 24.3 Å². The SMILES string of the molecule is C=C(C)CCCC(=O)OC(C)CC.C=C(C)CCCC(=O)OCCCCC. The lowest BCUT2D eigenvalue weighted by Gasteiger charge is -2.10. The van der Waals surface area contributed by atoms with E-state index in [1.165, 1.54) is 0 Å². The van der Waals surface area contributed by atoms with Gasteiger partial charge in [0.2, 0.25) is 0 Å². The van der Waals surface area contributed by atoms with Gasteiger partial charge >= 0.3 is 11.9 Å². The normalized spacial score (nSPS) is 11.0. The van der Waals surface area contributed by atoms with Gasteiger partial charge in [0.25, 0.3) is 0 Å². The van der Waals surface area contributed by atoms with Gasteiger partial charge in [-0.05, 0) is 59.3 Å². The summed E-state index contributed by atoms with van der Waals surface area (Å²) in [6, 6.07) is 0. The molecule has 1 unspecified atom stereocenters. The highest BCUT2D eigenvalue weighted by molar-refractivity contribution is 5.69. The number of unbranched alkanes of at least 4 members (excludes halogenated alkanes) is 2. The van der Waals surface area contributed by atoms with Crippen molar-refractivity contribution in [2.45, 2.75) is 105 Å². The second-order valence-corrected chi connectivity index (χ2v) is 7.26. The van der Waals surface area contributed by atoms with Gasteiger partial charge in [0.05, 0.1) is 12.7 Å². The van der Waals surface area contributed by atoms with Crippen molar-refractivity contribution < 1.29 is 19.1 Å². The average Bonchev–Trinajstić information content (AvgIpc) is 2.58. The second kappa shape index (κ2) is 19.2. The highest BCUT2D eigenvalue weighted by Gasteiger charge is 2.06. The molecule has 0 bridgehead atoms. The summed E-state index contributed by atoms with van der Waals surface area (Å²) in [5.74, 6) is -0.155. The van der Waals surface area contributed by atoms with Crippen molar-refractivity contribution in [2.75, 3.05) is 6.61 Å². The predicted molar refractivity (Wildman–Crippen MR) is 114 cm³/mol. The van der Waals surface area contributed by atoms with Crippen LogP contribution in [-0.2, 0) is 19.1 Å². The van der Waals surface area contributed by atoms with Crippen molar-refractivity contribution in [1.29, 1.82) is 0 Å². The van der Waals surface area contributed by atoms with Crippen LogP contribution in [0.4, 0.5) is 0 Å². The van der Waals surface area contributed by atoms with Crippen molar-refractivity contribution in [1.82, 2.24) is 0 Å². The molecule has 0 N–H and O–H groups in total. The van der Waals surface area contributed by atoms with E-state index in [0.717, 1.165) is 62.5 Å². The smallest absolute Gasteiger partial charge is 0.306 e. The molecule has 0 saturated carbocycles. The van der Waals surface area contributed by atoms with Gasteiger partial charge in [-0.25, -0.2) is 0 Å². The maximum Gasteiger partial charge on any atom is 0.306 e. The number of carbonyl (C=O) groups excluding carboxylic acids is 2. The van der Waals surface area contributed by atoms with Crippen molar-refractivity contribution in [3.8, 4) is 0 Å². The minimum absolute atomic E-state index is 0.0531. The maximum absolute atomic E-state index is 11.1. The number of rotatable bonds is 14. The summed E-state index contributed by atoms with van der Waals surface area (Å²) >= 11 is 0. The molecular formula is C23H42O4. The number of ether oxygens (including phenoxy) is 2. The Kier molecular flexibility index (Phi) is 19.6. The summed E-state index contributed by atoms with van der Waals surface area (Å²) in [5, 5.41) is 0. The van der Waals surface area contributed by atoms with Crippen molar-refractivity contribution in [3.05, 3.63) is 24.3 Å². The third kappa shape index (κ3) is 24.4. The zero-order valence-corrected chi connectivity index (χ0v) is 18.4. The molecule has 0 spiro atoms. The van der Waals surface area contributed by atoms with Crippen molar-refractivity contribution >= 4 is 11.9 Å². The molecule has 27 heavy (non-hydrogen) atoms. The number of hydrogen-bond acceptors (Lipinski definition) is 4. The fourth-order valence-corrected chi connectivity index (χ4v) is 2.05. The summed E-state index contributed by atoms with van der Waals surface area (Å²) in [6.45, 7) is 18.2. The van der Waals surface area contributed by atoms with Gasteiger partial charge in [0, 0.05) is 12.8 Å². The van der Waals surface area contributed by atoms with Crippen LogP contribution >= 0.6 is 0 Å². The lowest BCUT2D eigenvalue weighted by molar-refractivity contribution is -0.148. The lowest BCUT2D eigenvalue weighted by Crippen LogP contribution is -2.13. The third-order valence-electron chi connectivity index (χ3n) is 3.89. The van der Waals surface area contributed by atoms with Crippen molar-refractivity contribution in [3.63, 3.8) is 0 Å². The Balaban J connectivity index is 0. The van der Waals surface area contributed by atoms with E-state index in [1.807, 2.05) is 27.7 Å². The summed E-state index contributed by atoms with van der Waals surface area (Å²) < 4.78 is 10.2. The molecule has 0 heterocycles. The van der Waals surface area contributed by atoms with Crippen LogP contribution in [0, 0.1) is 0 Å². The third-order valence-corrected chi connectivity index (χ3v) is 3.89. The topological polar surface area (TPSA) is 52.6 Å². The molecule has 4 nitrogen and oxygen atoms in total. The first-order chi connectivity index (χ1) is 12.7. The molecule has 0 aliphatic carbocycles. The van der Waals surface area contributed by atoms with E-state index in [-0.39, 0.29) is 18.0 Å². The lowest BCUT2D eigenvalue weighted by atomic mass is 10.1. The number of hydrogen-bond donors (Lipinski definition) is 0. The van der Waals surface area contributed by atoms with Crippen molar-refractivity contribution in [2.24, 2.45) is 0 Å². The summed E-state index contributed by atoms with van der Waals surface area (Å²) in [7, 11) is 0. The number of esters is 2. The van der Waals surface area contributed by atoms with Crippen LogP contribution in [-0.4, -0.2) is 24.6 Å². The molecule has 0 saturated heterocycles. The molecule has 158 valence electrons. The molecule has 0 fully saturated rings. The molecule has 0 aromatic rings. The van der Waals surface area contributed by atoms with E-state index in [2.05, 4.69) is 20.1 Å².